The molecule has 1 aliphatic rings. The molecule has 0 atom stereocenters. The third kappa shape index (κ3) is 4.24. The lowest BCUT2D eigenvalue weighted by atomic mass is 9.79. The fraction of sp³-hybridized carbons (Fsp3) is 0.667. The van der Waals surface area contributed by atoms with Crippen molar-refractivity contribution in [2.75, 3.05) is 11.9 Å². The molecule has 2 nitrogen and oxygen atoms in total. The van der Waals surface area contributed by atoms with Crippen molar-refractivity contribution in [3.05, 3.63) is 29.8 Å². The average molecular weight is 275 g/mol. The van der Waals surface area contributed by atoms with E-state index in [0.29, 0.717) is 12.6 Å². The van der Waals surface area contributed by atoms with Crippen LogP contribution in [0, 0.1) is 11.8 Å². The zero-order valence-corrected chi connectivity index (χ0v) is 13.2. The van der Waals surface area contributed by atoms with Gasteiger partial charge in [-0.05, 0) is 50.5 Å². The average Bonchev–Trinajstić information content (AvgIpc) is 2.47. The fourth-order valence-electron chi connectivity index (χ4n) is 3.15. The van der Waals surface area contributed by atoms with Crippen molar-refractivity contribution in [3.63, 3.8) is 0 Å². The summed E-state index contributed by atoms with van der Waals surface area (Å²) in [6.07, 6.45) is 5.32. The zero-order chi connectivity index (χ0) is 14.4. The van der Waals surface area contributed by atoms with Gasteiger partial charge in [0, 0.05) is 23.9 Å². The van der Waals surface area contributed by atoms with Gasteiger partial charge in [-0.3, -0.25) is 0 Å². The molecule has 1 N–H and O–H groups in total. The quantitative estimate of drug-likeness (QED) is 0.801. The Morgan fingerprint density at radius 3 is 2.50 bits per heavy atom. The lowest BCUT2D eigenvalue weighted by molar-refractivity contribution is 0.134. The van der Waals surface area contributed by atoms with Gasteiger partial charge in [0.25, 0.3) is 0 Å². The normalized spacial score (nSPS) is 23.0. The highest BCUT2D eigenvalue weighted by Gasteiger charge is 2.23. The molecule has 1 saturated carbocycles. The molecule has 0 bridgehead atoms. The van der Waals surface area contributed by atoms with Gasteiger partial charge in [0.05, 0.1) is 6.61 Å². The highest BCUT2D eigenvalue weighted by Crippen LogP contribution is 2.31. The van der Waals surface area contributed by atoms with Gasteiger partial charge >= 0.3 is 0 Å². The topological polar surface area (TPSA) is 21.3 Å². The van der Waals surface area contributed by atoms with E-state index in [2.05, 4.69) is 43.4 Å². The van der Waals surface area contributed by atoms with E-state index in [0.717, 1.165) is 18.4 Å². The van der Waals surface area contributed by atoms with E-state index in [1.807, 2.05) is 6.92 Å². The van der Waals surface area contributed by atoms with Gasteiger partial charge in [0.15, 0.2) is 0 Å². The summed E-state index contributed by atoms with van der Waals surface area (Å²) in [6, 6.07) is 9.18. The molecule has 0 aromatic heterocycles. The Morgan fingerprint density at radius 1 is 1.15 bits per heavy atom. The Kier molecular flexibility index (Phi) is 5.90. The minimum absolute atomic E-state index is 0.632. The highest BCUT2D eigenvalue weighted by molar-refractivity contribution is 5.51. The van der Waals surface area contributed by atoms with Crippen LogP contribution < -0.4 is 5.32 Å². The smallest absolute Gasteiger partial charge is 0.0736 e. The first-order valence-electron chi connectivity index (χ1n) is 8.13. The molecule has 0 aliphatic heterocycles. The standard InChI is InChI=1S/C18H29NO/c1-4-20-13-16-7-5-6-8-18(16)19-17-11-9-15(10-12-17)14(2)3/h5-8,14-15,17,19H,4,9-13H2,1-3H3. The number of anilines is 1. The molecule has 0 saturated heterocycles. The third-order valence-corrected chi connectivity index (χ3v) is 4.55. The first kappa shape index (κ1) is 15.4. The third-order valence-electron chi connectivity index (χ3n) is 4.55. The Hall–Kier alpha value is -1.02. The Labute approximate surface area is 123 Å². The molecule has 0 unspecified atom stereocenters. The molecule has 1 aromatic rings. The summed E-state index contributed by atoms with van der Waals surface area (Å²) in [6.45, 7) is 8.24. The fourth-order valence-corrected chi connectivity index (χ4v) is 3.15. The van der Waals surface area contributed by atoms with Crippen LogP contribution in [0.15, 0.2) is 24.3 Å². The van der Waals surface area contributed by atoms with Gasteiger partial charge in [0.2, 0.25) is 0 Å². The van der Waals surface area contributed by atoms with Crippen LogP contribution in [0.25, 0.3) is 0 Å². The van der Waals surface area contributed by atoms with Gasteiger partial charge in [-0.2, -0.15) is 0 Å². The van der Waals surface area contributed by atoms with E-state index < -0.39 is 0 Å². The largest absolute Gasteiger partial charge is 0.382 e. The molecular formula is C18H29NO. The predicted octanol–water partition coefficient (Wildman–Crippen LogP) is 4.85. The molecule has 2 heteroatoms. The van der Waals surface area contributed by atoms with Crippen molar-refractivity contribution in [3.8, 4) is 0 Å². The minimum atomic E-state index is 0.632. The second-order valence-corrected chi connectivity index (χ2v) is 6.29. The van der Waals surface area contributed by atoms with Gasteiger partial charge < -0.3 is 10.1 Å². The van der Waals surface area contributed by atoms with E-state index in [1.165, 1.54) is 36.9 Å². The monoisotopic (exact) mass is 275 g/mol. The van der Waals surface area contributed by atoms with E-state index in [1.54, 1.807) is 0 Å². The highest BCUT2D eigenvalue weighted by atomic mass is 16.5. The summed E-state index contributed by atoms with van der Waals surface area (Å²) in [4.78, 5) is 0. The van der Waals surface area contributed by atoms with Crippen LogP contribution in [0.4, 0.5) is 5.69 Å². The van der Waals surface area contributed by atoms with Crippen LogP contribution in [-0.2, 0) is 11.3 Å². The van der Waals surface area contributed by atoms with Gasteiger partial charge in [-0.25, -0.2) is 0 Å². The maximum Gasteiger partial charge on any atom is 0.0736 e. The second-order valence-electron chi connectivity index (χ2n) is 6.29. The van der Waals surface area contributed by atoms with Crippen LogP contribution in [0.5, 0.6) is 0 Å². The number of nitrogens with one attached hydrogen (secondary N) is 1. The van der Waals surface area contributed by atoms with Crippen LogP contribution in [-0.4, -0.2) is 12.6 Å². The first-order chi connectivity index (χ1) is 9.70. The van der Waals surface area contributed by atoms with Crippen molar-refractivity contribution in [2.24, 2.45) is 11.8 Å². The minimum Gasteiger partial charge on any atom is -0.382 e. The van der Waals surface area contributed by atoms with Crippen LogP contribution in [0.2, 0.25) is 0 Å². The SMILES string of the molecule is CCOCc1ccccc1NC1CCC(C(C)C)CC1. The zero-order valence-electron chi connectivity index (χ0n) is 13.2. The predicted molar refractivity (Wildman–Crippen MR) is 86.0 cm³/mol. The van der Waals surface area contributed by atoms with Gasteiger partial charge in [-0.1, -0.05) is 32.0 Å². The summed E-state index contributed by atoms with van der Waals surface area (Å²) < 4.78 is 5.56. The number of hydrogen-bond acceptors (Lipinski definition) is 2. The van der Waals surface area contributed by atoms with Gasteiger partial charge in [0.1, 0.15) is 0 Å². The summed E-state index contributed by atoms with van der Waals surface area (Å²) in [7, 11) is 0. The Morgan fingerprint density at radius 2 is 1.85 bits per heavy atom. The Balaban J connectivity index is 1.90. The van der Waals surface area contributed by atoms with Gasteiger partial charge in [-0.15, -0.1) is 0 Å². The number of hydrogen-bond donors (Lipinski definition) is 1. The number of rotatable bonds is 6. The second kappa shape index (κ2) is 7.68. The van der Waals surface area contributed by atoms with Crippen LogP contribution in [0.3, 0.4) is 0 Å². The molecule has 1 aliphatic carbocycles. The number of ether oxygens (including phenoxy) is 1. The molecule has 0 radical (unpaired) electrons. The number of para-hydroxylation sites is 1. The van der Waals surface area contributed by atoms with E-state index >= 15 is 0 Å². The summed E-state index contributed by atoms with van der Waals surface area (Å²) >= 11 is 0. The Bertz CT molecular complexity index is 394. The molecule has 1 aromatic carbocycles. The lowest BCUT2D eigenvalue weighted by Gasteiger charge is -2.32. The maximum atomic E-state index is 5.56. The summed E-state index contributed by atoms with van der Waals surface area (Å²) in [5.41, 5.74) is 2.54. The lowest BCUT2D eigenvalue weighted by Crippen LogP contribution is -2.28. The molecule has 2 rings (SSSR count). The summed E-state index contributed by atoms with van der Waals surface area (Å²) in [5, 5.41) is 3.74. The van der Waals surface area contributed by atoms with E-state index in [-0.39, 0.29) is 0 Å². The maximum absolute atomic E-state index is 5.56. The molecule has 1 fully saturated rings. The van der Waals surface area contributed by atoms with Crippen LogP contribution in [0.1, 0.15) is 52.0 Å². The molecular weight excluding hydrogens is 246 g/mol. The van der Waals surface area contributed by atoms with E-state index in [9.17, 15) is 0 Å². The number of benzene rings is 1. The molecule has 0 spiro atoms. The first-order valence-corrected chi connectivity index (χ1v) is 8.13. The van der Waals surface area contributed by atoms with Crippen molar-refractivity contribution < 1.29 is 4.74 Å². The van der Waals surface area contributed by atoms with Crippen molar-refractivity contribution in [1.29, 1.82) is 0 Å². The van der Waals surface area contributed by atoms with E-state index in [4.69, 9.17) is 4.74 Å². The summed E-state index contributed by atoms with van der Waals surface area (Å²) in [5.74, 6) is 1.76. The molecule has 0 amide bonds. The molecule has 112 valence electrons. The molecule has 0 heterocycles. The van der Waals surface area contributed by atoms with Crippen molar-refractivity contribution >= 4 is 5.69 Å². The van der Waals surface area contributed by atoms with Crippen molar-refractivity contribution in [2.45, 2.75) is 59.1 Å². The molecule has 20 heavy (non-hydrogen) atoms. The van der Waals surface area contributed by atoms with Crippen molar-refractivity contribution in [1.82, 2.24) is 0 Å². The van der Waals surface area contributed by atoms with Crippen LogP contribution >= 0.6 is 0 Å².